The van der Waals surface area contributed by atoms with Gasteiger partial charge in [0.05, 0.1) is 5.56 Å². The second kappa shape index (κ2) is 7.41. The van der Waals surface area contributed by atoms with Crippen molar-refractivity contribution in [1.29, 1.82) is 0 Å². The lowest BCUT2D eigenvalue weighted by Gasteiger charge is -2.11. The molecule has 0 saturated carbocycles. The molecule has 3 rings (SSSR count). The Morgan fingerprint density at radius 1 is 1.12 bits per heavy atom. The van der Waals surface area contributed by atoms with Gasteiger partial charge >= 0.3 is 0 Å². The molecule has 1 amide bonds. The van der Waals surface area contributed by atoms with Crippen molar-refractivity contribution in [1.82, 2.24) is 20.1 Å². The molecule has 6 heteroatoms. The Morgan fingerprint density at radius 2 is 1.88 bits per heavy atom. The first kappa shape index (κ1) is 15.7. The van der Waals surface area contributed by atoms with Gasteiger partial charge in [0.15, 0.2) is 5.82 Å². The van der Waals surface area contributed by atoms with Gasteiger partial charge in [0.1, 0.15) is 18.7 Å². The van der Waals surface area contributed by atoms with Crippen LogP contribution in [0.1, 0.15) is 21.7 Å². The number of ether oxygens (including phenoxy) is 1. The van der Waals surface area contributed by atoms with Gasteiger partial charge in [0, 0.05) is 13.6 Å². The van der Waals surface area contributed by atoms with Crippen LogP contribution >= 0.6 is 0 Å². The summed E-state index contributed by atoms with van der Waals surface area (Å²) in [7, 11) is 1.80. The van der Waals surface area contributed by atoms with Crippen LogP contribution in [-0.4, -0.2) is 20.7 Å². The molecule has 122 valence electrons. The third kappa shape index (κ3) is 3.78. The molecule has 0 atom stereocenters. The first-order valence-corrected chi connectivity index (χ1v) is 7.61. The minimum Gasteiger partial charge on any atom is -0.485 e. The van der Waals surface area contributed by atoms with Crippen LogP contribution in [0.5, 0.6) is 5.75 Å². The standard InChI is InChI=1S/C18H18N4O2/c1-22-17(20-13-21-22)12-24-16-10-6-5-9-15(16)18(23)19-11-14-7-3-2-4-8-14/h2-10,13H,11-12H2,1H3,(H,19,23). The van der Waals surface area contributed by atoms with Gasteiger partial charge < -0.3 is 10.1 Å². The summed E-state index contributed by atoms with van der Waals surface area (Å²) >= 11 is 0. The quantitative estimate of drug-likeness (QED) is 0.756. The normalized spacial score (nSPS) is 10.4. The number of nitrogens with zero attached hydrogens (tertiary/aromatic N) is 3. The first-order chi connectivity index (χ1) is 11.7. The fraction of sp³-hybridized carbons (Fsp3) is 0.167. The molecule has 0 unspecified atom stereocenters. The average Bonchev–Trinajstić information content (AvgIpc) is 3.04. The number of hydrogen-bond acceptors (Lipinski definition) is 4. The van der Waals surface area contributed by atoms with Crippen LogP contribution in [0.3, 0.4) is 0 Å². The van der Waals surface area contributed by atoms with E-state index in [0.717, 1.165) is 5.56 Å². The summed E-state index contributed by atoms with van der Waals surface area (Å²) in [5.74, 6) is 1.04. The Kier molecular flexibility index (Phi) is 4.86. The molecule has 1 N–H and O–H groups in total. The minimum absolute atomic E-state index is 0.174. The van der Waals surface area contributed by atoms with E-state index in [0.29, 0.717) is 23.7 Å². The third-order valence-corrected chi connectivity index (χ3v) is 3.59. The van der Waals surface area contributed by atoms with Crippen molar-refractivity contribution >= 4 is 5.91 Å². The zero-order valence-electron chi connectivity index (χ0n) is 13.3. The van der Waals surface area contributed by atoms with E-state index in [4.69, 9.17) is 4.74 Å². The molecule has 1 heterocycles. The lowest BCUT2D eigenvalue weighted by Crippen LogP contribution is -2.23. The third-order valence-electron chi connectivity index (χ3n) is 3.59. The van der Waals surface area contributed by atoms with Crippen LogP contribution in [0.15, 0.2) is 60.9 Å². The number of aryl methyl sites for hydroxylation is 1. The number of amides is 1. The summed E-state index contributed by atoms with van der Waals surface area (Å²) in [5.41, 5.74) is 1.54. The van der Waals surface area contributed by atoms with Crippen LogP contribution in [-0.2, 0) is 20.2 Å². The second-order valence-corrected chi connectivity index (χ2v) is 5.25. The van der Waals surface area contributed by atoms with Gasteiger partial charge in [-0.3, -0.25) is 9.48 Å². The van der Waals surface area contributed by atoms with Crippen molar-refractivity contribution in [3.05, 3.63) is 77.9 Å². The molecular weight excluding hydrogens is 304 g/mol. The predicted octanol–water partition coefficient (Wildman–Crippen LogP) is 2.32. The lowest BCUT2D eigenvalue weighted by molar-refractivity contribution is 0.0946. The summed E-state index contributed by atoms with van der Waals surface area (Å²) in [6.45, 7) is 0.719. The van der Waals surface area contributed by atoms with E-state index < -0.39 is 0 Å². The van der Waals surface area contributed by atoms with E-state index in [-0.39, 0.29) is 12.5 Å². The fourth-order valence-corrected chi connectivity index (χ4v) is 2.25. The molecule has 6 nitrogen and oxygen atoms in total. The highest BCUT2D eigenvalue weighted by molar-refractivity contribution is 5.96. The van der Waals surface area contributed by atoms with E-state index in [1.165, 1.54) is 6.33 Å². The van der Waals surface area contributed by atoms with Crippen LogP contribution in [0.2, 0.25) is 0 Å². The Balaban J connectivity index is 1.66. The number of carbonyl (C=O) groups excluding carboxylic acids is 1. The molecule has 24 heavy (non-hydrogen) atoms. The monoisotopic (exact) mass is 322 g/mol. The van der Waals surface area contributed by atoms with Crippen LogP contribution in [0, 0.1) is 0 Å². The molecule has 0 radical (unpaired) electrons. The van der Waals surface area contributed by atoms with Gasteiger partial charge in [-0.2, -0.15) is 5.10 Å². The molecule has 0 saturated heterocycles. The van der Waals surface area contributed by atoms with Gasteiger partial charge in [-0.25, -0.2) is 4.98 Å². The van der Waals surface area contributed by atoms with Crippen LogP contribution in [0.25, 0.3) is 0 Å². The Bertz CT molecular complexity index is 815. The zero-order valence-corrected chi connectivity index (χ0v) is 13.3. The molecular formula is C18H18N4O2. The zero-order chi connectivity index (χ0) is 16.8. The van der Waals surface area contributed by atoms with E-state index >= 15 is 0 Å². The van der Waals surface area contributed by atoms with Crippen molar-refractivity contribution in [3.63, 3.8) is 0 Å². The first-order valence-electron chi connectivity index (χ1n) is 7.61. The predicted molar refractivity (Wildman–Crippen MR) is 89.4 cm³/mol. The molecule has 0 spiro atoms. The summed E-state index contributed by atoms with van der Waals surface area (Å²) in [6, 6.07) is 16.9. The van der Waals surface area contributed by atoms with Gasteiger partial charge in [0.25, 0.3) is 5.91 Å². The Labute approximate surface area is 140 Å². The van der Waals surface area contributed by atoms with Crippen molar-refractivity contribution in [2.24, 2.45) is 7.05 Å². The Hall–Kier alpha value is -3.15. The number of rotatable bonds is 6. The number of nitrogens with one attached hydrogen (secondary N) is 1. The van der Waals surface area contributed by atoms with E-state index in [1.807, 2.05) is 42.5 Å². The second-order valence-electron chi connectivity index (χ2n) is 5.25. The van der Waals surface area contributed by atoms with Gasteiger partial charge in [-0.05, 0) is 17.7 Å². The maximum atomic E-state index is 12.4. The molecule has 1 aromatic heterocycles. The summed E-state index contributed by atoms with van der Waals surface area (Å²) in [5, 5.41) is 6.90. The SMILES string of the molecule is Cn1ncnc1COc1ccccc1C(=O)NCc1ccccc1. The van der Waals surface area contributed by atoms with E-state index in [9.17, 15) is 4.79 Å². The smallest absolute Gasteiger partial charge is 0.255 e. The highest BCUT2D eigenvalue weighted by atomic mass is 16.5. The number of benzene rings is 2. The lowest BCUT2D eigenvalue weighted by atomic mass is 10.1. The van der Waals surface area contributed by atoms with Gasteiger partial charge in [-0.1, -0.05) is 42.5 Å². The number of para-hydroxylation sites is 1. The summed E-state index contributed by atoms with van der Waals surface area (Å²) < 4.78 is 7.39. The highest BCUT2D eigenvalue weighted by Crippen LogP contribution is 2.19. The molecule has 0 aliphatic rings. The maximum Gasteiger partial charge on any atom is 0.255 e. The molecule has 3 aromatic rings. The average molecular weight is 322 g/mol. The molecule has 0 fully saturated rings. The number of aromatic nitrogens is 3. The maximum absolute atomic E-state index is 12.4. The van der Waals surface area contributed by atoms with E-state index in [1.54, 1.807) is 23.9 Å². The fourth-order valence-electron chi connectivity index (χ4n) is 2.25. The van der Waals surface area contributed by atoms with E-state index in [2.05, 4.69) is 15.4 Å². The van der Waals surface area contributed by atoms with Crippen molar-refractivity contribution in [2.45, 2.75) is 13.2 Å². The topological polar surface area (TPSA) is 69.0 Å². The summed E-state index contributed by atoms with van der Waals surface area (Å²) in [4.78, 5) is 16.6. The minimum atomic E-state index is -0.174. The van der Waals surface area contributed by atoms with Gasteiger partial charge in [-0.15, -0.1) is 0 Å². The Morgan fingerprint density at radius 3 is 2.62 bits per heavy atom. The van der Waals surface area contributed by atoms with Crippen LogP contribution < -0.4 is 10.1 Å². The molecule has 2 aromatic carbocycles. The van der Waals surface area contributed by atoms with Gasteiger partial charge in [0.2, 0.25) is 0 Å². The van der Waals surface area contributed by atoms with Crippen LogP contribution in [0.4, 0.5) is 0 Å². The molecule has 0 bridgehead atoms. The number of hydrogen-bond donors (Lipinski definition) is 1. The van der Waals surface area contributed by atoms with Crippen molar-refractivity contribution in [3.8, 4) is 5.75 Å². The van der Waals surface area contributed by atoms with Crippen molar-refractivity contribution < 1.29 is 9.53 Å². The molecule has 0 aliphatic carbocycles. The van der Waals surface area contributed by atoms with Crippen molar-refractivity contribution in [2.75, 3.05) is 0 Å². The largest absolute Gasteiger partial charge is 0.485 e. The molecule has 0 aliphatic heterocycles. The summed E-state index contributed by atoms with van der Waals surface area (Å²) in [6.07, 6.45) is 1.47. The number of carbonyl (C=O) groups is 1. The highest BCUT2D eigenvalue weighted by Gasteiger charge is 2.12.